The lowest BCUT2D eigenvalue weighted by Crippen LogP contribution is -2.33. The predicted molar refractivity (Wildman–Crippen MR) is 75.6 cm³/mol. The lowest BCUT2D eigenvalue weighted by molar-refractivity contribution is 0.0786. The van der Waals surface area contributed by atoms with Gasteiger partial charge in [0, 0.05) is 37.9 Å². The molecule has 112 valence electrons. The highest BCUT2D eigenvalue weighted by Crippen LogP contribution is 2.23. The van der Waals surface area contributed by atoms with Crippen molar-refractivity contribution in [3.8, 4) is 0 Å². The van der Waals surface area contributed by atoms with Crippen LogP contribution in [-0.2, 0) is 0 Å². The summed E-state index contributed by atoms with van der Waals surface area (Å²) in [5.74, 6) is -0.953. The third kappa shape index (κ3) is 2.56. The number of benzene rings is 1. The lowest BCUT2D eigenvalue weighted by atomic mass is 10.1. The molecule has 6 nitrogen and oxygen atoms in total. The molecular formula is C14H17FN4O2. The lowest BCUT2D eigenvalue weighted by Gasteiger charge is -2.19. The number of amides is 3. The van der Waals surface area contributed by atoms with E-state index in [9.17, 15) is 14.0 Å². The minimum atomic E-state index is -0.580. The van der Waals surface area contributed by atoms with E-state index in [2.05, 4.69) is 5.32 Å². The molecule has 2 saturated heterocycles. The van der Waals surface area contributed by atoms with Crippen molar-refractivity contribution in [2.75, 3.05) is 31.1 Å². The molecule has 3 rings (SSSR count). The van der Waals surface area contributed by atoms with Gasteiger partial charge in [0.05, 0.1) is 5.56 Å². The van der Waals surface area contributed by atoms with Crippen molar-refractivity contribution >= 4 is 17.6 Å². The Morgan fingerprint density at radius 1 is 1.38 bits per heavy atom. The number of hydrogen-bond donors (Lipinski definition) is 2. The summed E-state index contributed by atoms with van der Waals surface area (Å²) in [5, 5.41) is 2.67. The Morgan fingerprint density at radius 3 is 2.81 bits per heavy atom. The first kappa shape index (κ1) is 13.8. The number of rotatable bonds is 2. The van der Waals surface area contributed by atoms with E-state index in [0.717, 1.165) is 6.42 Å². The molecule has 0 radical (unpaired) electrons. The average molecular weight is 292 g/mol. The molecule has 1 atom stereocenters. The van der Waals surface area contributed by atoms with E-state index < -0.39 is 5.82 Å². The second-order valence-corrected chi connectivity index (χ2v) is 5.35. The van der Waals surface area contributed by atoms with Gasteiger partial charge in [-0.15, -0.1) is 0 Å². The van der Waals surface area contributed by atoms with E-state index in [-0.39, 0.29) is 23.5 Å². The molecule has 0 aromatic heterocycles. The summed E-state index contributed by atoms with van der Waals surface area (Å²) in [6, 6.07) is 3.89. The van der Waals surface area contributed by atoms with Crippen molar-refractivity contribution in [2.45, 2.75) is 12.5 Å². The maximum absolute atomic E-state index is 14.0. The first-order valence-corrected chi connectivity index (χ1v) is 6.96. The molecule has 1 aromatic rings. The van der Waals surface area contributed by atoms with Gasteiger partial charge in [-0.3, -0.25) is 9.69 Å². The van der Waals surface area contributed by atoms with Crippen LogP contribution in [0.15, 0.2) is 18.2 Å². The van der Waals surface area contributed by atoms with Crippen LogP contribution >= 0.6 is 0 Å². The van der Waals surface area contributed by atoms with E-state index in [4.69, 9.17) is 5.73 Å². The van der Waals surface area contributed by atoms with Crippen LogP contribution in [0.3, 0.4) is 0 Å². The summed E-state index contributed by atoms with van der Waals surface area (Å²) in [4.78, 5) is 27.1. The number of carbonyl (C=O) groups is 2. The molecule has 1 aromatic carbocycles. The zero-order chi connectivity index (χ0) is 15.0. The van der Waals surface area contributed by atoms with E-state index in [0.29, 0.717) is 31.9 Å². The molecule has 7 heteroatoms. The van der Waals surface area contributed by atoms with Crippen LogP contribution in [0.25, 0.3) is 0 Å². The van der Waals surface area contributed by atoms with Gasteiger partial charge in [0.25, 0.3) is 5.91 Å². The number of carbonyl (C=O) groups excluding carboxylic acids is 2. The smallest absolute Gasteiger partial charge is 0.321 e. The molecule has 2 aliphatic heterocycles. The van der Waals surface area contributed by atoms with Gasteiger partial charge >= 0.3 is 6.03 Å². The number of anilines is 1. The average Bonchev–Trinajstić information content (AvgIpc) is 3.07. The number of hydrogen-bond acceptors (Lipinski definition) is 3. The Kier molecular flexibility index (Phi) is 3.50. The maximum atomic E-state index is 14.0. The van der Waals surface area contributed by atoms with Crippen LogP contribution in [0.1, 0.15) is 16.8 Å². The molecule has 0 unspecified atom stereocenters. The van der Waals surface area contributed by atoms with Crippen molar-refractivity contribution in [1.29, 1.82) is 0 Å². The molecule has 3 amide bonds. The minimum absolute atomic E-state index is 0.0127. The summed E-state index contributed by atoms with van der Waals surface area (Å²) >= 11 is 0. The number of nitrogens with zero attached hydrogens (tertiary/aromatic N) is 2. The van der Waals surface area contributed by atoms with Gasteiger partial charge in [-0.25, -0.2) is 9.18 Å². The van der Waals surface area contributed by atoms with Gasteiger partial charge in [0.15, 0.2) is 0 Å². The fourth-order valence-electron chi connectivity index (χ4n) is 2.71. The van der Waals surface area contributed by atoms with Gasteiger partial charge in [-0.05, 0) is 24.6 Å². The number of urea groups is 1. The fraction of sp³-hybridized carbons (Fsp3) is 0.429. The predicted octanol–water partition coefficient (Wildman–Crippen LogP) is 0.528. The Balaban J connectivity index is 1.87. The molecule has 2 fully saturated rings. The second-order valence-electron chi connectivity index (χ2n) is 5.35. The first-order valence-electron chi connectivity index (χ1n) is 6.96. The van der Waals surface area contributed by atoms with E-state index in [1.807, 2.05) is 0 Å². The Hall–Kier alpha value is -2.15. The zero-order valence-corrected chi connectivity index (χ0v) is 11.5. The van der Waals surface area contributed by atoms with Crippen molar-refractivity contribution in [2.24, 2.45) is 5.73 Å². The van der Waals surface area contributed by atoms with Gasteiger partial charge in [0.1, 0.15) is 5.82 Å². The Morgan fingerprint density at radius 2 is 2.19 bits per heavy atom. The number of likely N-dealkylation sites (tertiary alicyclic amines) is 1. The van der Waals surface area contributed by atoms with Crippen LogP contribution in [0.4, 0.5) is 14.9 Å². The summed E-state index contributed by atoms with van der Waals surface area (Å²) in [6.07, 6.45) is 0.724. The topological polar surface area (TPSA) is 78.7 Å². The molecule has 0 spiro atoms. The van der Waals surface area contributed by atoms with Gasteiger partial charge in [-0.2, -0.15) is 0 Å². The monoisotopic (exact) mass is 292 g/mol. The third-order valence-electron chi connectivity index (χ3n) is 3.86. The molecule has 2 heterocycles. The van der Waals surface area contributed by atoms with Crippen molar-refractivity contribution in [3.05, 3.63) is 29.6 Å². The van der Waals surface area contributed by atoms with Crippen molar-refractivity contribution in [1.82, 2.24) is 10.2 Å². The van der Waals surface area contributed by atoms with Crippen LogP contribution in [0, 0.1) is 5.82 Å². The normalized spacial score (nSPS) is 21.8. The Labute approximate surface area is 121 Å². The SMILES string of the molecule is N[C@@H]1CCN(C(=O)c2cc(N3CCNC3=O)ccc2F)C1. The zero-order valence-electron chi connectivity index (χ0n) is 11.5. The first-order chi connectivity index (χ1) is 10.1. The van der Waals surface area contributed by atoms with Crippen LogP contribution in [0.2, 0.25) is 0 Å². The van der Waals surface area contributed by atoms with Crippen molar-refractivity contribution in [3.63, 3.8) is 0 Å². The summed E-state index contributed by atoms with van der Waals surface area (Å²) < 4.78 is 14.0. The second kappa shape index (κ2) is 5.33. The van der Waals surface area contributed by atoms with E-state index in [1.54, 1.807) is 4.90 Å². The summed E-state index contributed by atoms with van der Waals surface area (Å²) in [7, 11) is 0. The van der Waals surface area contributed by atoms with E-state index >= 15 is 0 Å². The van der Waals surface area contributed by atoms with E-state index in [1.165, 1.54) is 23.1 Å². The number of halogens is 1. The number of nitrogens with two attached hydrogens (primary N) is 1. The number of nitrogens with one attached hydrogen (secondary N) is 1. The van der Waals surface area contributed by atoms with Crippen LogP contribution in [-0.4, -0.2) is 49.1 Å². The highest BCUT2D eigenvalue weighted by atomic mass is 19.1. The molecule has 2 aliphatic rings. The standard InChI is InChI=1S/C14H17FN4O2/c15-12-2-1-10(19-6-4-17-14(19)21)7-11(12)13(20)18-5-3-9(16)8-18/h1-2,7,9H,3-6,8,16H2,(H,17,21)/t9-/m1/s1. The Bertz CT molecular complexity index is 592. The highest BCUT2D eigenvalue weighted by molar-refractivity contribution is 5.98. The van der Waals surface area contributed by atoms with Crippen molar-refractivity contribution < 1.29 is 14.0 Å². The summed E-state index contributed by atoms with van der Waals surface area (Å²) in [5.41, 5.74) is 6.29. The molecule has 0 bridgehead atoms. The van der Waals surface area contributed by atoms with Crippen LogP contribution in [0.5, 0.6) is 0 Å². The van der Waals surface area contributed by atoms with Crippen LogP contribution < -0.4 is 16.0 Å². The maximum Gasteiger partial charge on any atom is 0.321 e. The molecule has 0 aliphatic carbocycles. The molecular weight excluding hydrogens is 275 g/mol. The fourth-order valence-corrected chi connectivity index (χ4v) is 2.71. The minimum Gasteiger partial charge on any atom is -0.337 e. The summed E-state index contributed by atoms with van der Waals surface area (Å²) in [6.45, 7) is 2.02. The van der Waals surface area contributed by atoms with Gasteiger partial charge < -0.3 is 16.0 Å². The third-order valence-corrected chi connectivity index (χ3v) is 3.86. The molecule has 0 saturated carbocycles. The largest absolute Gasteiger partial charge is 0.337 e. The quantitative estimate of drug-likeness (QED) is 0.834. The van der Waals surface area contributed by atoms with Gasteiger partial charge in [-0.1, -0.05) is 0 Å². The van der Waals surface area contributed by atoms with Gasteiger partial charge in [0.2, 0.25) is 0 Å². The highest BCUT2D eigenvalue weighted by Gasteiger charge is 2.28. The molecule has 21 heavy (non-hydrogen) atoms. The molecule has 3 N–H and O–H groups in total.